The van der Waals surface area contributed by atoms with Crippen molar-refractivity contribution in [2.75, 3.05) is 12.5 Å². The van der Waals surface area contributed by atoms with Crippen molar-refractivity contribution in [3.05, 3.63) is 26.7 Å². The van der Waals surface area contributed by atoms with E-state index in [0.717, 1.165) is 0 Å². The van der Waals surface area contributed by atoms with Crippen molar-refractivity contribution in [3.63, 3.8) is 0 Å². The third kappa shape index (κ3) is 3.40. The van der Waals surface area contributed by atoms with E-state index in [4.69, 9.17) is 38.5 Å². The molecule has 0 aliphatic carbocycles. The highest BCUT2D eigenvalue weighted by atomic mass is 79.9. The number of nitrogens with zero attached hydrogens (tertiary/aromatic N) is 3. The summed E-state index contributed by atoms with van der Waals surface area (Å²) in [6, 6.07) is 3.13. The highest BCUT2D eigenvalue weighted by molar-refractivity contribution is 9.10. The van der Waals surface area contributed by atoms with E-state index in [-0.39, 0.29) is 23.7 Å². The van der Waals surface area contributed by atoms with E-state index in [2.05, 4.69) is 36.3 Å². The van der Waals surface area contributed by atoms with Gasteiger partial charge in [0.15, 0.2) is 5.75 Å². The second-order valence-corrected chi connectivity index (χ2v) is 5.04. The Balaban J connectivity index is 2.36. The minimum absolute atomic E-state index is 0.0370. The number of nitrogen functional groups attached to an aromatic ring is 1. The van der Waals surface area contributed by atoms with Crippen molar-refractivity contribution in [3.8, 4) is 17.8 Å². The molecule has 20 heavy (non-hydrogen) atoms. The monoisotopic (exact) mass is 379 g/mol. The molecule has 106 valence electrons. The molecule has 10 heteroatoms. The Hall–Kier alpha value is -1.35. The molecule has 0 bridgehead atoms. The number of ether oxygens (including phenoxy) is 2. The Bertz CT molecular complexity index is 621. The fourth-order valence-electron chi connectivity index (χ4n) is 1.22. The van der Waals surface area contributed by atoms with Gasteiger partial charge in [0.1, 0.15) is 0 Å². The van der Waals surface area contributed by atoms with Gasteiger partial charge in [-0.15, -0.1) is 4.98 Å². The Morgan fingerprint density at radius 3 is 2.50 bits per heavy atom. The van der Waals surface area contributed by atoms with Gasteiger partial charge in [0, 0.05) is 10.5 Å². The van der Waals surface area contributed by atoms with Crippen molar-refractivity contribution < 1.29 is 9.47 Å². The summed E-state index contributed by atoms with van der Waals surface area (Å²) >= 11 is 15.3. The highest BCUT2D eigenvalue weighted by Crippen LogP contribution is 2.36. The molecule has 1 heterocycles. The smallest absolute Gasteiger partial charge is 0.330 e. The van der Waals surface area contributed by atoms with Crippen molar-refractivity contribution in [2.45, 2.75) is 0 Å². The zero-order valence-corrected chi connectivity index (χ0v) is 13.1. The van der Waals surface area contributed by atoms with Crippen LogP contribution in [-0.2, 0) is 0 Å². The van der Waals surface area contributed by atoms with E-state index in [1.54, 1.807) is 6.07 Å². The van der Waals surface area contributed by atoms with Crippen LogP contribution in [0.3, 0.4) is 0 Å². The largest absolute Gasteiger partial charge is 0.467 e. The number of methoxy groups -OCH3 is 1. The maximum absolute atomic E-state index is 6.04. The zero-order valence-electron chi connectivity index (χ0n) is 10.0. The first-order valence-electron chi connectivity index (χ1n) is 5.12. The normalized spacial score (nSPS) is 10.2. The van der Waals surface area contributed by atoms with Crippen LogP contribution in [0.1, 0.15) is 0 Å². The molecule has 0 aliphatic heterocycles. The van der Waals surface area contributed by atoms with Crippen molar-refractivity contribution in [1.82, 2.24) is 15.0 Å². The molecule has 2 rings (SSSR count). The predicted octanol–water partition coefficient (Wildman–Crippen LogP) is 3.03. The summed E-state index contributed by atoms with van der Waals surface area (Å²) in [5.41, 5.74) is 2.27. The molecule has 0 atom stereocenters. The van der Waals surface area contributed by atoms with Gasteiger partial charge in [-0.25, -0.2) is 5.84 Å². The van der Waals surface area contributed by atoms with E-state index in [1.165, 1.54) is 13.2 Å². The molecule has 0 fully saturated rings. The van der Waals surface area contributed by atoms with Gasteiger partial charge in [-0.2, -0.15) is 9.97 Å². The lowest BCUT2D eigenvalue weighted by Crippen LogP contribution is -2.12. The maximum Gasteiger partial charge on any atom is 0.330 e. The molecule has 1 aromatic heterocycles. The first-order chi connectivity index (χ1) is 9.53. The molecular formula is C10H8BrCl2N5O2. The van der Waals surface area contributed by atoms with Gasteiger partial charge in [-0.3, -0.25) is 5.43 Å². The van der Waals surface area contributed by atoms with Crippen molar-refractivity contribution in [1.29, 1.82) is 0 Å². The molecule has 0 aliphatic rings. The molecule has 7 nitrogen and oxygen atoms in total. The number of hydrazine groups is 1. The van der Waals surface area contributed by atoms with Gasteiger partial charge >= 0.3 is 12.0 Å². The SMILES string of the molecule is COc1nc(NN)nc(Oc2cc(Cl)c(Br)cc2Cl)n1. The fraction of sp³-hybridized carbons (Fsp3) is 0.100. The molecule has 2 aromatic rings. The molecule has 0 amide bonds. The zero-order chi connectivity index (χ0) is 14.7. The van der Waals surface area contributed by atoms with Crippen molar-refractivity contribution in [2.24, 2.45) is 5.84 Å². The second kappa shape index (κ2) is 6.40. The van der Waals surface area contributed by atoms with Gasteiger partial charge in [0.05, 0.1) is 17.2 Å². The number of rotatable bonds is 4. The van der Waals surface area contributed by atoms with Crippen LogP contribution in [0.4, 0.5) is 5.95 Å². The number of aromatic nitrogens is 3. The molecule has 3 N–H and O–H groups in total. The Labute approximate surface area is 132 Å². The van der Waals surface area contributed by atoms with Crippen LogP contribution in [0.25, 0.3) is 0 Å². The Kier molecular flexibility index (Phi) is 4.81. The Morgan fingerprint density at radius 1 is 1.15 bits per heavy atom. The third-order valence-corrected chi connectivity index (χ3v) is 3.57. The molecule has 0 saturated heterocycles. The Morgan fingerprint density at radius 2 is 1.85 bits per heavy atom. The van der Waals surface area contributed by atoms with Crippen LogP contribution < -0.4 is 20.7 Å². The molecule has 1 aromatic carbocycles. The number of hydrogen-bond acceptors (Lipinski definition) is 7. The van der Waals surface area contributed by atoms with E-state index in [1.807, 2.05) is 0 Å². The van der Waals surface area contributed by atoms with Gasteiger partial charge in [-0.1, -0.05) is 23.2 Å². The first-order valence-corrected chi connectivity index (χ1v) is 6.67. The van der Waals surface area contributed by atoms with Gasteiger partial charge in [-0.05, 0) is 22.0 Å². The lowest BCUT2D eigenvalue weighted by atomic mass is 10.3. The summed E-state index contributed by atoms with van der Waals surface area (Å²) < 4.78 is 11.0. The standard InChI is InChI=1S/C10H8BrCl2N5O2/c1-19-9-15-8(18-14)16-10(17-9)20-7-3-5(12)4(11)2-6(7)13/h2-3H,14H2,1H3,(H,15,16,17,18). The third-order valence-electron chi connectivity index (χ3n) is 2.08. The topological polar surface area (TPSA) is 95.2 Å². The van der Waals surface area contributed by atoms with E-state index in [9.17, 15) is 0 Å². The lowest BCUT2D eigenvalue weighted by molar-refractivity contribution is 0.360. The average molecular weight is 381 g/mol. The van der Waals surface area contributed by atoms with E-state index in [0.29, 0.717) is 14.5 Å². The minimum Gasteiger partial charge on any atom is -0.467 e. The van der Waals surface area contributed by atoms with Crippen LogP contribution in [0, 0.1) is 0 Å². The summed E-state index contributed by atoms with van der Waals surface area (Å²) in [6.45, 7) is 0. The number of hydrogen-bond donors (Lipinski definition) is 2. The fourth-order valence-corrected chi connectivity index (χ4v) is 2.05. The van der Waals surface area contributed by atoms with Crippen LogP contribution >= 0.6 is 39.1 Å². The molecule has 0 saturated carbocycles. The quantitative estimate of drug-likeness (QED) is 0.478. The van der Waals surface area contributed by atoms with Gasteiger partial charge in [0.2, 0.25) is 5.95 Å². The molecular weight excluding hydrogens is 373 g/mol. The number of nitrogens with one attached hydrogen (secondary N) is 1. The first kappa shape index (κ1) is 15.0. The molecule has 0 unspecified atom stereocenters. The summed E-state index contributed by atoms with van der Waals surface area (Å²) in [7, 11) is 1.41. The second-order valence-electron chi connectivity index (χ2n) is 3.37. The van der Waals surface area contributed by atoms with Crippen LogP contribution in [0.5, 0.6) is 17.8 Å². The number of benzene rings is 1. The predicted molar refractivity (Wildman–Crippen MR) is 78.4 cm³/mol. The highest BCUT2D eigenvalue weighted by Gasteiger charge is 2.12. The number of nitrogens with two attached hydrogens (primary N) is 1. The van der Waals surface area contributed by atoms with Gasteiger partial charge in [0.25, 0.3) is 0 Å². The molecule has 0 radical (unpaired) electrons. The van der Waals surface area contributed by atoms with Gasteiger partial charge < -0.3 is 9.47 Å². The summed E-state index contributed by atoms with van der Waals surface area (Å²) in [6.07, 6.45) is 0. The van der Waals surface area contributed by atoms with Crippen LogP contribution in [0.15, 0.2) is 16.6 Å². The van der Waals surface area contributed by atoms with Crippen molar-refractivity contribution >= 4 is 45.1 Å². The lowest BCUT2D eigenvalue weighted by Gasteiger charge is -2.09. The summed E-state index contributed by atoms with van der Waals surface area (Å²) in [5.74, 6) is 5.62. The van der Waals surface area contributed by atoms with Crippen LogP contribution in [0.2, 0.25) is 10.0 Å². The van der Waals surface area contributed by atoms with Crippen LogP contribution in [-0.4, -0.2) is 22.1 Å². The minimum atomic E-state index is -0.0370. The average Bonchev–Trinajstić information content (AvgIpc) is 2.44. The summed E-state index contributed by atoms with van der Waals surface area (Å²) in [4.78, 5) is 11.7. The summed E-state index contributed by atoms with van der Waals surface area (Å²) in [5, 5.41) is 0.769. The van der Waals surface area contributed by atoms with E-state index >= 15 is 0 Å². The maximum atomic E-state index is 6.04. The van der Waals surface area contributed by atoms with E-state index < -0.39 is 0 Å². The number of anilines is 1. The number of halogens is 3. The molecule has 0 spiro atoms.